The van der Waals surface area contributed by atoms with Crippen LogP contribution in [0.15, 0.2) is 11.6 Å². The monoisotopic (exact) mass is 329 g/mol. The normalized spacial score (nSPS) is 51.9. The summed E-state index contributed by atoms with van der Waals surface area (Å²) in [7, 11) is 0. The van der Waals surface area contributed by atoms with E-state index in [1.807, 2.05) is 0 Å². The van der Waals surface area contributed by atoms with Gasteiger partial charge in [-0.1, -0.05) is 6.08 Å². The van der Waals surface area contributed by atoms with E-state index in [4.69, 9.17) is 15.0 Å². The van der Waals surface area contributed by atoms with Crippen LogP contribution in [0.1, 0.15) is 32.7 Å². The van der Waals surface area contributed by atoms with Gasteiger partial charge in [-0.3, -0.25) is 9.69 Å². The van der Waals surface area contributed by atoms with Crippen LogP contribution in [0.25, 0.3) is 0 Å². The van der Waals surface area contributed by atoms with E-state index in [0.717, 1.165) is 19.9 Å². The summed E-state index contributed by atoms with van der Waals surface area (Å²) in [5.74, 6) is -3.67. The van der Waals surface area contributed by atoms with Gasteiger partial charge >= 0.3 is 11.9 Å². The SMILES string of the molecule is [2H]C1([2H])OC(=O)[C@](C)(O)[C@](C)(O)[C@@H](C)C(=O)OC2CCN3[C@@H]2C1=CC3([2H])[2H]. The number of carbonyl (C=O) groups excluding carboxylic acids is 2. The van der Waals surface area contributed by atoms with Crippen molar-refractivity contribution >= 4 is 11.9 Å². The summed E-state index contributed by atoms with van der Waals surface area (Å²) in [6.07, 6.45) is 0.387. The Morgan fingerprint density at radius 2 is 2.09 bits per heavy atom. The molecule has 3 rings (SSSR count). The zero-order valence-corrected chi connectivity index (χ0v) is 13.2. The molecule has 2 saturated heterocycles. The summed E-state index contributed by atoms with van der Waals surface area (Å²) in [4.78, 5) is 26.4. The first-order valence-electron chi connectivity index (χ1n) is 9.51. The highest BCUT2D eigenvalue weighted by Crippen LogP contribution is 2.36. The van der Waals surface area contributed by atoms with E-state index in [-0.39, 0.29) is 18.5 Å². The van der Waals surface area contributed by atoms with Crippen LogP contribution in [0.4, 0.5) is 0 Å². The molecule has 2 N–H and O–H groups in total. The second kappa shape index (κ2) is 5.29. The molecule has 3 aliphatic rings. The minimum Gasteiger partial charge on any atom is -0.460 e. The Morgan fingerprint density at radius 3 is 2.78 bits per heavy atom. The lowest BCUT2D eigenvalue weighted by Gasteiger charge is -2.39. The van der Waals surface area contributed by atoms with Gasteiger partial charge in [-0.2, -0.15) is 0 Å². The number of rotatable bonds is 0. The second-order valence-corrected chi connectivity index (χ2v) is 6.56. The molecule has 0 spiro atoms. The van der Waals surface area contributed by atoms with Crippen molar-refractivity contribution in [2.24, 2.45) is 5.92 Å². The molecule has 3 aliphatic heterocycles. The Hall–Kier alpha value is -1.44. The number of nitrogens with zero attached hydrogens (tertiary/aromatic N) is 1. The Bertz CT molecular complexity index is 720. The molecule has 7 nitrogen and oxygen atoms in total. The van der Waals surface area contributed by atoms with Crippen LogP contribution in [0.5, 0.6) is 0 Å². The van der Waals surface area contributed by atoms with Crippen molar-refractivity contribution in [1.82, 2.24) is 4.90 Å². The molecule has 0 aromatic rings. The molecule has 0 radical (unpaired) electrons. The van der Waals surface area contributed by atoms with Gasteiger partial charge in [0, 0.05) is 15.8 Å². The first-order chi connectivity index (χ1) is 12.1. The van der Waals surface area contributed by atoms with Crippen LogP contribution < -0.4 is 0 Å². The standard InChI is InChI=1S/C16H23NO6/c1-9-13(18)23-11-5-7-17-6-4-10(12(11)17)8-22-14(19)16(3,21)15(9,2)20/h4,9,11-12,20-21H,5-8H2,1-3H3/t9-,11?,12+,15+,16-/m0/s1/i6D2,8D2. The van der Waals surface area contributed by atoms with Gasteiger partial charge in [0.1, 0.15) is 18.3 Å². The van der Waals surface area contributed by atoms with Crippen LogP contribution in [0.2, 0.25) is 0 Å². The first-order valence-corrected chi connectivity index (χ1v) is 7.51. The molecule has 5 atom stereocenters. The molecule has 3 heterocycles. The number of esters is 2. The summed E-state index contributed by atoms with van der Waals surface area (Å²) < 4.78 is 42.9. The summed E-state index contributed by atoms with van der Waals surface area (Å²) in [6, 6.07) is -0.952. The smallest absolute Gasteiger partial charge is 0.341 e. The maximum Gasteiger partial charge on any atom is 0.341 e. The Balaban J connectivity index is 2.13. The Morgan fingerprint density at radius 1 is 1.39 bits per heavy atom. The zero-order chi connectivity index (χ0) is 20.6. The number of hydrogen-bond donors (Lipinski definition) is 2. The predicted octanol–water partition coefficient (Wildman–Crippen LogP) is -0.393. The molecule has 0 aromatic carbocycles. The van der Waals surface area contributed by atoms with Crippen molar-refractivity contribution in [2.45, 2.75) is 50.5 Å². The van der Waals surface area contributed by atoms with Crippen LogP contribution in [-0.2, 0) is 19.1 Å². The molecule has 1 unspecified atom stereocenters. The summed E-state index contributed by atoms with van der Waals surface area (Å²) >= 11 is 0. The van der Waals surface area contributed by atoms with Gasteiger partial charge in [0.25, 0.3) is 0 Å². The van der Waals surface area contributed by atoms with E-state index in [1.165, 1.54) is 11.8 Å². The van der Waals surface area contributed by atoms with E-state index in [9.17, 15) is 19.8 Å². The third-order valence-corrected chi connectivity index (χ3v) is 5.16. The summed E-state index contributed by atoms with van der Waals surface area (Å²) in [5, 5.41) is 21.3. The Labute approximate surface area is 140 Å². The summed E-state index contributed by atoms with van der Waals surface area (Å²) in [5.41, 5.74) is -5.10. The van der Waals surface area contributed by atoms with Crippen molar-refractivity contribution in [3.05, 3.63) is 11.6 Å². The molecule has 0 aliphatic carbocycles. The van der Waals surface area contributed by atoms with Gasteiger partial charge in [-0.15, -0.1) is 0 Å². The van der Waals surface area contributed by atoms with Gasteiger partial charge in [-0.05, 0) is 32.8 Å². The molecular formula is C16H23NO6. The maximum absolute atomic E-state index is 12.6. The van der Waals surface area contributed by atoms with Crippen molar-refractivity contribution in [3.63, 3.8) is 0 Å². The van der Waals surface area contributed by atoms with Crippen LogP contribution in [-0.4, -0.2) is 70.0 Å². The van der Waals surface area contributed by atoms with Gasteiger partial charge in [0.2, 0.25) is 0 Å². The van der Waals surface area contributed by atoms with Gasteiger partial charge in [0.15, 0.2) is 5.60 Å². The fourth-order valence-electron chi connectivity index (χ4n) is 3.04. The largest absolute Gasteiger partial charge is 0.460 e. The lowest BCUT2D eigenvalue weighted by atomic mass is 9.76. The van der Waals surface area contributed by atoms with E-state index < -0.39 is 54.3 Å². The highest BCUT2D eigenvalue weighted by atomic mass is 16.6. The van der Waals surface area contributed by atoms with Crippen molar-refractivity contribution < 1.29 is 34.8 Å². The van der Waals surface area contributed by atoms with E-state index in [0.29, 0.717) is 0 Å². The Kier molecular flexibility index (Phi) is 2.76. The topological polar surface area (TPSA) is 96.3 Å². The number of aliphatic hydroxyl groups is 2. The fraction of sp³-hybridized carbons (Fsp3) is 0.750. The van der Waals surface area contributed by atoms with Gasteiger partial charge in [0.05, 0.1) is 14.7 Å². The van der Waals surface area contributed by atoms with Gasteiger partial charge < -0.3 is 19.7 Å². The minimum atomic E-state index is -2.77. The van der Waals surface area contributed by atoms with Crippen molar-refractivity contribution in [3.8, 4) is 0 Å². The quantitative estimate of drug-likeness (QED) is 0.461. The third kappa shape index (κ3) is 2.38. The number of ether oxygens (including phenoxy) is 2. The fourth-order valence-corrected chi connectivity index (χ4v) is 3.04. The van der Waals surface area contributed by atoms with Crippen molar-refractivity contribution in [2.75, 3.05) is 19.6 Å². The average Bonchev–Trinajstić information content (AvgIpc) is 3.05. The second-order valence-electron chi connectivity index (χ2n) is 6.56. The first kappa shape index (κ1) is 12.0. The lowest BCUT2D eigenvalue weighted by molar-refractivity contribution is -0.205. The van der Waals surface area contributed by atoms with E-state index in [1.54, 1.807) is 0 Å². The molecule has 0 aromatic heterocycles. The van der Waals surface area contributed by atoms with Crippen LogP contribution >= 0.6 is 0 Å². The predicted molar refractivity (Wildman–Crippen MR) is 79.3 cm³/mol. The molecule has 7 heteroatoms. The minimum absolute atomic E-state index is 0.193. The average molecular weight is 329 g/mol. The van der Waals surface area contributed by atoms with Crippen LogP contribution in [0, 0.1) is 5.92 Å². The zero-order valence-electron chi connectivity index (χ0n) is 17.2. The molecule has 23 heavy (non-hydrogen) atoms. The highest BCUT2D eigenvalue weighted by molar-refractivity contribution is 5.83. The molecule has 2 fully saturated rings. The molecule has 0 amide bonds. The number of carbonyl (C=O) groups is 2. The van der Waals surface area contributed by atoms with E-state index in [2.05, 4.69) is 0 Å². The van der Waals surface area contributed by atoms with Crippen molar-refractivity contribution in [1.29, 1.82) is 0 Å². The maximum atomic E-state index is 12.6. The molecular weight excluding hydrogens is 302 g/mol. The van der Waals surface area contributed by atoms with E-state index >= 15 is 0 Å². The third-order valence-electron chi connectivity index (χ3n) is 5.16. The molecule has 0 bridgehead atoms. The molecule has 128 valence electrons. The number of cyclic esters (lactones) is 1. The molecule has 0 saturated carbocycles. The lowest BCUT2D eigenvalue weighted by Crippen LogP contribution is -2.61. The highest BCUT2D eigenvalue weighted by Gasteiger charge is 2.56. The van der Waals surface area contributed by atoms with Gasteiger partial charge in [-0.25, -0.2) is 4.79 Å². The van der Waals surface area contributed by atoms with Crippen LogP contribution in [0.3, 0.4) is 0 Å². The number of hydrogen-bond acceptors (Lipinski definition) is 7. The summed E-state index contributed by atoms with van der Waals surface area (Å²) in [6.45, 7) is -1.27.